The molecule has 1 aromatic heterocycles. The van der Waals surface area contributed by atoms with Crippen LogP contribution in [0.2, 0.25) is 0 Å². The van der Waals surface area contributed by atoms with Crippen LogP contribution < -0.4 is 0 Å². The van der Waals surface area contributed by atoms with Crippen molar-refractivity contribution in [1.82, 2.24) is 9.78 Å². The average Bonchev–Trinajstić information content (AvgIpc) is 2.53. The van der Waals surface area contributed by atoms with Gasteiger partial charge < -0.3 is 14.9 Å². The Balaban J connectivity index is 2.94. The van der Waals surface area contributed by atoms with E-state index < -0.39 is 24.3 Å². The molecule has 0 aliphatic heterocycles. The summed E-state index contributed by atoms with van der Waals surface area (Å²) in [7, 11) is 1.72. The van der Waals surface area contributed by atoms with Crippen molar-refractivity contribution in [3.05, 3.63) is 17.5 Å². The molecule has 0 fully saturated rings. The van der Waals surface area contributed by atoms with Gasteiger partial charge in [0.25, 0.3) is 0 Å². The molecule has 0 aliphatic rings. The van der Waals surface area contributed by atoms with Crippen molar-refractivity contribution in [2.24, 2.45) is 7.05 Å². The molecule has 2 N–H and O–H groups in total. The van der Waals surface area contributed by atoms with Gasteiger partial charge in [0.2, 0.25) is 0 Å². The van der Waals surface area contributed by atoms with Gasteiger partial charge >= 0.3 is 5.97 Å². The fourth-order valence-electron chi connectivity index (χ4n) is 1.47. The van der Waals surface area contributed by atoms with E-state index >= 15 is 0 Å². The van der Waals surface area contributed by atoms with Gasteiger partial charge in [0.05, 0.1) is 17.9 Å². The van der Waals surface area contributed by atoms with Crippen LogP contribution in [-0.2, 0) is 16.6 Å². The molecule has 1 aromatic rings. The van der Waals surface area contributed by atoms with Crippen molar-refractivity contribution in [1.29, 1.82) is 0 Å². The van der Waals surface area contributed by atoms with E-state index in [4.69, 9.17) is 9.84 Å². The van der Waals surface area contributed by atoms with Gasteiger partial charge in [-0.05, 0) is 20.8 Å². The van der Waals surface area contributed by atoms with E-state index in [1.165, 1.54) is 4.68 Å². The first kappa shape index (κ1) is 13.7. The summed E-state index contributed by atoms with van der Waals surface area (Å²) in [6.45, 7) is 4.91. The molecule has 1 rings (SSSR count). The molecule has 0 aliphatic carbocycles. The van der Waals surface area contributed by atoms with Crippen LogP contribution in [0.1, 0.15) is 31.2 Å². The smallest absolute Gasteiger partial charge is 0.337 e. The van der Waals surface area contributed by atoms with E-state index in [0.717, 1.165) is 0 Å². The molecule has 0 amide bonds. The van der Waals surface area contributed by atoms with Crippen LogP contribution in [0.25, 0.3) is 0 Å². The van der Waals surface area contributed by atoms with E-state index in [-0.39, 0.29) is 0 Å². The number of carboxylic acids is 1. The second-order valence-electron chi connectivity index (χ2n) is 4.14. The highest BCUT2D eigenvalue weighted by molar-refractivity contribution is 5.74. The zero-order valence-corrected chi connectivity index (χ0v) is 10.4. The minimum absolute atomic E-state index is 0.507. The third-order valence-corrected chi connectivity index (χ3v) is 2.59. The Hall–Kier alpha value is -1.40. The Bertz CT molecular complexity index is 400. The van der Waals surface area contributed by atoms with Gasteiger partial charge in [-0.1, -0.05) is 0 Å². The van der Waals surface area contributed by atoms with Gasteiger partial charge in [-0.25, -0.2) is 4.79 Å². The Morgan fingerprint density at radius 3 is 2.47 bits per heavy atom. The summed E-state index contributed by atoms with van der Waals surface area (Å²) in [4.78, 5) is 11.2. The van der Waals surface area contributed by atoms with E-state index in [1.807, 2.05) is 0 Å². The van der Waals surface area contributed by atoms with E-state index in [9.17, 15) is 9.90 Å². The monoisotopic (exact) mass is 242 g/mol. The highest BCUT2D eigenvalue weighted by atomic mass is 16.5. The maximum Gasteiger partial charge on any atom is 0.337 e. The Morgan fingerprint density at radius 2 is 2.12 bits per heavy atom. The third-order valence-electron chi connectivity index (χ3n) is 2.59. The second kappa shape index (κ2) is 5.29. The maximum atomic E-state index is 11.2. The number of aliphatic carboxylic acids is 1. The molecule has 1 heterocycles. The topological polar surface area (TPSA) is 84.6 Å². The maximum absolute atomic E-state index is 11.2. The predicted molar refractivity (Wildman–Crippen MR) is 60.5 cm³/mol. The molecule has 3 unspecified atom stereocenters. The minimum atomic E-state index is -1.10. The van der Waals surface area contributed by atoms with Gasteiger partial charge in [0.1, 0.15) is 0 Å². The highest BCUT2D eigenvalue weighted by Gasteiger charge is 2.27. The molecule has 0 spiro atoms. The number of carboxylic acid groups (broad SMARTS) is 1. The molecule has 96 valence electrons. The summed E-state index contributed by atoms with van der Waals surface area (Å²) in [6, 6.07) is 0. The van der Waals surface area contributed by atoms with Gasteiger partial charge in [-0.2, -0.15) is 5.10 Å². The third kappa shape index (κ3) is 3.28. The molecule has 0 aromatic carbocycles. The number of carbonyl (C=O) groups is 1. The van der Waals surface area contributed by atoms with Gasteiger partial charge in [-0.15, -0.1) is 0 Å². The Labute approximate surface area is 99.8 Å². The van der Waals surface area contributed by atoms with Crippen LogP contribution >= 0.6 is 0 Å². The fourth-order valence-corrected chi connectivity index (χ4v) is 1.47. The molecule has 0 radical (unpaired) electrons. The second-order valence-corrected chi connectivity index (χ2v) is 4.14. The number of hydrogen-bond acceptors (Lipinski definition) is 4. The number of aliphatic hydroxyl groups is 1. The van der Waals surface area contributed by atoms with Crippen molar-refractivity contribution < 1.29 is 19.7 Å². The number of rotatable bonds is 5. The lowest BCUT2D eigenvalue weighted by Gasteiger charge is -2.20. The lowest BCUT2D eigenvalue weighted by Crippen LogP contribution is -2.28. The zero-order valence-electron chi connectivity index (χ0n) is 10.4. The molecule has 0 saturated heterocycles. The quantitative estimate of drug-likeness (QED) is 0.791. The van der Waals surface area contributed by atoms with E-state index in [1.54, 1.807) is 34.0 Å². The SMILES string of the molecule is Cc1nn(C)cc1C(OC(C)C(C)O)C(=O)O. The molecule has 6 heteroatoms. The number of ether oxygens (including phenoxy) is 1. The first-order valence-corrected chi connectivity index (χ1v) is 5.39. The van der Waals surface area contributed by atoms with Crippen molar-refractivity contribution in [2.45, 2.75) is 39.1 Å². The number of nitrogens with zero attached hydrogens (tertiary/aromatic N) is 2. The Morgan fingerprint density at radius 1 is 1.53 bits per heavy atom. The summed E-state index contributed by atoms with van der Waals surface area (Å²) in [5, 5.41) is 22.6. The number of aromatic nitrogens is 2. The van der Waals surface area contributed by atoms with Crippen molar-refractivity contribution in [2.75, 3.05) is 0 Å². The number of aliphatic hydroxyl groups excluding tert-OH is 1. The summed E-state index contributed by atoms with van der Waals surface area (Å²) in [5.74, 6) is -1.09. The van der Waals surface area contributed by atoms with Gasteiger partial charge in [0.15, 0.2) is 6.10 Å². The van der Waals surface area contributed by atoms with Gasteiger partial charge in [0, 0.05) is 18.8 Å². The first-order valence-electron chi connectivity index (χ1n) is 5.39. The molecule has 0 bridgehead atoms. The summed E-state index contributed by atoms with van der Waals surface area (Å²) in [6.07, 6.45) is -0.777. The predicted octanol–water partition coefficient (Wildman–Crippen LogP) is 0.640. The molecular formula is C11H18N2O4. The van der Waals surface area contributed by atoms with Crippen LogP contribution in [0.15, 0.2) is 6.20 Å². The fraction of sp³-hybridized carbons (Fsp3) is 0.636. The van der Waals surface area contributed by atoms with E-state index in [0.29, 0.717) is 11.3 Å². The Kier molecular flexibility index (Phi) is 4.25. The summed E-state index contributed by atoms with van der Waals surface area (Å²) >= 11 is 0. The summed E-state index contributed by atoms with van der Waals surface area (Å²) in [5.41, 5.74) is 1.12. The summed E-state index contributed by atoms with van der Waals surface area (Å²) < 4.78 is 6.89. The van der Waals surface area contributed by atoms with Crippen molar-refractivity contribution in [3.63, 3.8) is 0 Å². The molecular weight excluding hydrogens is 224 g/mol. The van der Waals surface area contributed by atoms with Crippen LogP contribution in [0.3, 0.4) is 0 Å². The zero-order chi connectivity index (χ0) is 13.2. The number of hydrogen-bond donors (Lipinski definition) is 2. The van der Waals surface area contributed by atoms with Crippen molar-refractivity contribution >= 4 is 5.97 Å². The highest BCUT2D eigenvalue weighted by Crippen LogP contribution is 2.23. The molecule has 3 atom stereocenters. The standard InChI is InChI=1S/C11H18N2O4/c1-6-9(5-13(4)12-6)10(11(15)16)17-8(3)7(2)14/h5,7-8,10,14H,1-4H3,(H,15,16). The largest absolute Gasteiger partial charge is 0.479 e. The lowest BCUT2D eigenvalue weighted by atomic mass is 10.1. The molecule has 17 heavy (non-hydrogen) atoms. The van der Waals surface area contributed by atoms with Crippen LogP contribution in [-0.4, -0.2) is 38.2 Å². The molecule has 0 saturated carbocycles. The average molecular weight is 242 g/mol. The number of aryl methyl sites for hydroxylation is 2. The van der Waals surface area contributed by atoms with Crippen LogP contribution in [0.4, 0.5) is 0 Å². The normalized spacial score (nSPS) is 16.5. The first-order chi connectivity index (χ1) is 7.82. The lowest BCUT2D eigenvalue weighted by molar-refractivity contribution is -0.158. The minimum Gasteiger partial charge on any atom is -0.479 e. The van der Waals surface area contributed by atoms with Crippen LogP contribution in [0, 0.1) is 6.92 Å². The van der Waals surface area contributed by atoms with Crippen LogP contribution in [0.5, 0.6) is 0 Å². The molecule has 6 nitrogen and oxygen atoms in total. The van der Waals surface area contributed by atoms with Gasteiger partial charge in [-0.3, -0.25) is 4.68 Å². The van der Waals surface area contributed by atoms with Crippen molar-refractivity contribution in [3.8, 4) is 0 Å². The van der Waals surface area contributed by atoms with E-state index in [2.05, 4.69) is 5.10 Å².